The molecule has 0 aliphatic carbocycles. The molecular formula is C24H21N3O5. The predicted molar refractivity (Wildman–Crippen MR) is 121 cm³/mol. The van der Waals surface area contributed by atoms with Gasteiger partial charge >= 0.3 is 5.69 Å². The Kier molecular flexibility index (Phi) is 6.12. The lowest BCUT2D eigenvalue weighted by Gasteiger charge is -2.14. The second-order valence-corrected chi connectivity index (χ2v) is 7.06. The van der Waals surface area contributed by atoms with Crippen molar-refractivity contribution in [2.75, 3.05) is 13.7 Å². The second kappa shape index (κ2) is 9.30. The van der Waals surface area contributed by atoms with Gasteiger partial charge in [0, 0.05) is 18.2 Å². The van der Waals surface area contributed by atoms with Crippen LogP contribution in [0.5, 0.6) is 11.5 Å². The Hall–Kier alpha value is -4.20. The van der Waals surface area contributed by atoms with Gasteiger partial charge in [0.15, 0.2) is 5.75 Å². The van der Waals surface area contributed by atoms with Crippen LogP contribution in [-0.4, -0.2) is 28.2 Å². The highest BCUT2D eigenvalue weighted by Gasteiger charge is 2.15. The Morgan fingerprint density at radius 1 is 1.00 bits per heavy atom. The summed E-state index contributed by atoms with van der Waals surface area (Å²) in [6.07, 6.45) is 0.467. The Bertz CT molecular complexity index is 1320. The summed E-state index contributed by atoms with van der Waals surface area (Å²) >= 11 is 0. The minimum Gasteiger partial charge on any atom is -0.497 e. The summed E-state index contributed by atoms with van der Waals surface area (Å²) in [6, 6.07) is 20.8. The first kappa shape index (κ1) is 21.0. The van der Waals surface area contributed by atoms with Crippen LogP contribution < -0.4 is 15.0 Å². The lowest BCUT2D eigenvalue weighted by molar-refractivity contribution is -0.385. The molecular weight excluding hydrogens is 410 g/mol. The zero-order valence-electron chi connectivity index (χ0n) is 17.4. The normalized spacial score (nSPS) is 10.8. The van der Waals surface area contributed by atoms with Gasteiger partial charge in [-0.2, -0.15) is 0 Å². The first-order valence-corrected chi connectivity index (χ1v) is 10.1. The van der Waals surface area contributed by atoms with Crippen molar-refractivity contribution in [3.05, 3.63) is 93.3 Å². The van der Waals surface area contributed by atoms with E-state index >= 15 is 0 Å². The average molecular weight is 431 g/mol. The van der Waals surface area contributed by atoms with Gasteiger partial charge in [-0.1, -0.05) is 24.3 Å². The smallest absolute Gasteiger partial charge is 0.310 e. The monoisotopic (exact) mass is 431 g/mol. The Morgan fingerprint density at radius 2 is 1.72 bits per heavy atom. The maximum Gasteiger partial charge on any atom is 0.310 e. The Balaban J connectivity index is 1.61. The summed E-state index contributed by atoms with van der Waals surface area (Å²) in [7, 11) is 1.59. The highest BCUT2D eigenvalue weighted by atomic mass is 16.6. The van der Waals surface area contributed by atoms with Gasteiger partial charge in [0.2, 0.25) is 0 Å². The van der Waals surface area contributed by atoms with Crippen LogP contribution in [0.3, 0.4) is 0 Å². The third-order valence-corrected chi connectivity index (χ3v) is 5.06. The molecule has 32 heavy (non-hydrogen) atoms. The molecule has 0 bridgehead atoms. The standard InChI is InChI=1S/C24H21N3O5/c1-31-18-13-11-17(12-14-18)23-25-20-8-3-2-7-19(20)24(28)26(23)15-6-16-32-22-10-5-4-9-21(22)27(29)30/h2-5,7-14H,6,15-16H2,1H3. The van der Waals surface area contributed by atoms with Crippen molar-refractivity contribution in [1.29, 1.82) is 0 Å². The van der Waals surface area contributed by atoms with Gasteiger partial charge in [-0.15, -0.1) is 0 Å². The predicted octanol–water partition coefficient (Wildman–Crippen LogP) is 4.45. The van der Waals surface area contributed by atoms with Crippen molar-refractivity contribution in [2.24, 2.45) is 0 Å². The highest BCUT2D eigenvalue weighted by Crippen LogP contribution is 2.26. The quantitative estimate of drug-likeness (QED) is 0.232. The van der Waals surface area contributed by atoms with Gasteiger partial charge in [0.1, 0.15) is 11.6 Å². The average Bonchev–Trinajstić information content (AvgIpc) is 2.83. The van der Waals surface area contributed by atoms with Crippen LogP contribution in [0.25, 0.3) is 22.3 Å². The van der Waals surface area contributed by atoms with Gasteiger partial charge in [0.05, 0.1) is 29.5 Å². The molecule has 0 radical (unpaired) electrons. The fraction of sp³-hybridized carbons (Fsp3) is 0.167. The van der Waals surface area contributed by atoms with Crippen LogP contribution in [0.4, 0.5) is 5.69 Å². The van der Waals surface area contributed by atoms with E-state index in [-0.39, 0.29) is 23.6 Å². The molecule has 0 fully saturated rings. The number of nitro groups is 1. The SMILES string of the molecule is COc1ccc(-c2nc3ccccc3c(=O)n2CCCOc2ccccc2[N+](=O)[O-])cc1. The van der Waals surface area contributed by atoms with Gasteiger partial charge in [-0.05, 0) is 48.9 Å². The largest absolute Gasteiger partial charge is 0.497 e. The fourth-order valence-electron chi connectivity index (χ4n) is 3.47. The van der Waals surface area contributed by atoms with Gasteiger partial charge < -0.3 is 9.47 Å². The summed E-state index contributed by atoms with van der Waals surface area (Å²) < 4.78 is 12.5. The minimum atomic E-state index is -0.477. The van der Waals surface area contributed by atoms with Crippen molar-refractivity contribution in [3.8, 4) is 22.9 Å². The van der Waals surface area contributed by atoms with Crippen LogP contribution in [0.1, 0.15) is 6.42 Å². The molecule has 0 atom stereocenters. The maximum absolute atomic E-state index is 13.2. The van der Waals surface area contributed by atoms with Gasteiger partial charge in [0.25, 0.3) is 5.56 Å². The molecule has 8 nitrogen and oxygen atoms in total. The van der Waals surface area contributed by atoms with E-state index in [0.29, 0.717) is 35.4 Å². The molecule has 0 aliphatic heterocycles. The topological polar surface area (TPSA) is 96.5 Å². The molecule has 0 aliphatic rings. The van der Waals surface area contributed by atoms with E-state index in [4.69, 9.17) is 14.5 Å². The minimum absolute atomic E-state index is 0.0871. The summed E-state index contributed by atoms with van der Waals surface area (Å²) in [5, 5.41) is 11.7. The van der Waals surface area contributed by atoms with Crippen molar-refractivity contribution in [2.45, 2.75) is 13.0 Å². The van der Waals surface area contributed by atoms with Crippen LogP contribution in [0.15, 0.2) is 77.6 Å². The van der Waals surface area contributed by atoms with E-state index in [2.05, 4.69) is 0 Å². The van der Waals surface area contributed by atoms with E-state index in [1.807, 2.05) is 36.4 Å². The van der Waals surface area contributed by atoms with Gasteiger partial charge in [-0.3, -0.25) is 19.5 Å². The molecule has 3 aromatic carbocycles. The summed E-state index contributed by atoms with van der Waals surface area (Å²) in [6.45, 7) is 0.560. The van der Waals surface area contributed by atoms with Crippen LogP contribution in [0.2, 0.25) is 0 Å². The van der Waals surface area contributed by atoms with Gasteiger partial charge in [-0.25, -0.2) is 4.98 Å². The van der Waals surface area contributed by atoms with E-state index in [1.54, 1.807) is 42.0 Å². The molecule has 0 amide bonds. The number of fused-ring (bicyclic) bond motifs is 1. The van der Waals surface area contributed by atoms with E-state index in [1.165, 1.54) is 6.07 Å². The van der Waals surface area contributed by atoms with Crippen molar-refractivity contribution < 1.29 is 14.4 Å². The molecule has 1 aromatic heterocycles. The number of aromatic nitrogens is 2. The molecule has 0 spiro atoms. The first-order chi connectivity index (χ1) is 15.6. The van der Waals surface area contributed by atoms with E-state index < -0.39 is 4.92 Å². The van der Waals surface area contributed by atoms with Crippen molar-refractivity contribution >= 4 is 16.6 Å². The third kappa shape index (κ3) is 4.29. The third-order valence-electron chi connectivity index (χ3n) is 5.06. The van der Waals surface area contributed by atoms with Crippen molar-refractivity contribution in [1.82, 2.24) is 9.55 Å². The fourth-order valence-corrected chi connectivity index (χ4v) is 3.47. The number of rotatable bonds is 8. The number of nitro benzene ring substituents is 1. The van der Waals surface area contributed by atoms with Crippen LogP contribution >= 0.6 is 0 Å². The zero-order chi connectivity index (χ0) is 22.5. The molecule has 8 heteroatoms. The summed E-state index contributed by atoms with van der Waals surface area (Å²) in [4.78, 5) is 28.6. The number of benzene rings is 3. The molecule has 162 valence electrons. The molecule has 4 rings (SSSR count). The highest BCUT2D eigenvalue weighted by molar-refractivity contribution is 5.79. The molecule has 1 heterocycles. The number of para-hydroxylation sites is 3. The number of methoxy groups -OCH3 is 1. The maximum atomic E-state index is 13.2. The number of hydrogen-bond acceptors (Lipinski definition) is 6. The van der Waals surface area contributed by atoms with Crippen molar-refractivity contribution in [3.63, 3.8) is 0 Å². The molecule has 0 unspecified atom stereocenters. The van der Waals surface area contributed by atoms with Crippen LogP contribution in [-0.2, 0) is 6.54 Å². The molecule has 4 aromatic rings. The Morgan fingerprint density at radius 3 is 2.47 bits per heavy atom. The molecule has 0 N–H and O–H groups in total. The Labute approximate surface area is 183 Å². The number of ether oxygens (including phenoxy) is 2. The summed E-state index contributed by atoms with van der Waals surface area (Å²) in [5.41, 5.74) is 1.17. The lowest BCUT2D eigenvalue weighted by Crippen LogP contribution is -2.24. The summed E-state index contributed by atoms with van der Waals surface area (Å²) in [5.74, 6) is 1.46. The van der Waals surface area contributed by atoms with E-state index in [0.717, 1.165) is 5.56 Å². The lowest BCUT2D eigenvalue weighted by atomic mass is 10.1. The number of hydrogen-bond donors (Lipinski definition) is 0. The number of nitrogens with zero attached hydrogens (tertiary/aromatic N) is 3. The first-order valence-electron chi connectivity index (χ1n) is 10.1. The molecule has 0 saturated carbocycles. The molecule has 0 saturated heterocycles. The van der Waals surface area contributed by atoms with Crippen LogP contribution in [0, 0.1) is 10.1 Å². The second-order valence-electron chi connectivity index (χ2n) is 7.06. The van der Waals surface area contributed by atoms with E-state index in [9.17, 15) is 14.9 Å². The zero-order valence-corrected chi connectivity index (χ0v) is 17.4.